The lowest BCUT2D eigenvalue weighted by Crippen LogP contribution is -2.49. The quantitative estimate of drug-likeness (QED) is 0.857. The summed E-state index contributed by atoms with van der Waals surface area (Å²) in [5, 5.41) is 0. The van der Waals surface area contributed by atoms with Gasteiger partial charge in [-0.15, -0.1) is 0 Å². The standard InChI is InChI=1S/C22H25N3O2/c23-21(27)22(13-16-5-2-1-3-6-16)14-18-9-10-19(22)25(18)20(26)11-8-17-7-4-12-24-15-17/h1-7,12,15,18-19H,8-11,13-14H2,(H2,23,27)/t18-,19+,22+/m0/s1. The molecule has 0 spiro atoms. The Kier molecular flexibility index (Phi) is 4.68. The number of hydrogen-bond donors (Lipinski definition) is 1. The molecule has 27 heavy (non-hydrogen) atoms. The molecule has 4 rings (SSSR count). The van der Waals surface area contributed by atoms with Crippen molar-refractivity contribution in [3.8, 4) is 0 Å². The topological polar surface area (TPSA) is 76.3 Å². The van der Waals surface area contributed by atoms with Crippen molar-refractivity contribution in [3.05, 3.63) is 66.0 Å². The van der Waals surface area contributed by atoms with Gasteiger partial charge in [-0.1, -0.05) is 36.4 Å². The first-order valence-electron chi connectivity index (χ1n) is 9.64. The molecule has 2 saturated heterocycles. The number of amides is 2. The second kappa shape index (κ2) is 7.14. The summed E-state index contributed by atoms with van der Waals surface area (Å²) in [4.78, 5) is 31.6. The number of aromatic nitrogens is 1. The van der Waals surface area contributed by atoms with Crippen molar-refractivity contribution in [2.75, 3.05) is 0 Å². The Labute approximate surface area is 159 Å². The van der Waals surface area contributed by atoms with E-state index < -0.39 is 5.41 Å². The molecule has 0 saturated carbocycles. The molecule has 2 aliphatic heterocycles. The van der Waals surface area contributed by atoms with E-state index in [-0.39, 0.29) is 23.9 Å². The molecular weight excluding hydrogens is 338 g/mol. The van der Waals surface area contributed by atoms with Crippen molar-refractivity contribution in [1.82, 2.24) is 9.88 Å². The molecule has 3 heterocycles. The van der Waals surface area contributed by atoms with Crippen molar-refractivity contribution in [1.29, 1.82) is 0 Å². The van der Waals surface area contributed by atoms with Gasteiger partial charge in [-0.3, -0.25) is 14.6 Å². The number of primary amides is 1. The largest absolute Gasteiger partial charge is 0.369 e. The summed E-state index contributed by atoms with van der Waals surface area (Å²) in [6.45, 7) is 0. The van der Waals surface area contributed by atoms with Crippen LogP contribution in [0, 0.1) is 5.41 Å². The third kappa shape index (κ3) is 3.22. The number of fused-ring (bicyclic) bond motifs is 2. The van der Waals surface area contributed by atoms with Gasteiger partial charge in [0.25, 0.3) is 0 Å². The number of carbonyl (C=O) groups is 2. The van der Waals surface area contributed by atoms with Crippen LogP contribution in [-0.2, 0) is 22.4 Å². The first kappa shape index (κ1) is 17.7. The molecule has 2 amide bonds. The summed E-state index contributed by atoms with van der Waals surface area (Å²) in [7, 11) is 0. The first-order chi connectivity index (χ1) is 13.1. The fourth-order valence-electron chi connectivity index (χ4n) is 4.99. The molecule has 2 N–H and O–H groups in total. The predicted octanol–water partition coefficient (Wildman–Crippen LogP) is 2.49. The van der Waals surface area contributed by atoms with Crippen LogP contribution >= 0.6 is 0 Å². The van der Waals surface area contributed by atoms with Crippen LogP contribution in [0.3, 0.4) is 0 Å². The van der Waals surface area contributed by atoms with Gasteiger partial charge >= 0.3 is 0 Å². The normalized spacial score (nSPS) is 26.3. The zero-order valence-corrected chi connectivity index (χ0v) is 15.4. The Morgan fingerprint density at radius 3 is 2.59 bits per heavy atom. The van der Waals surface area contributed by atoms with E-state index in [1.807, 2.05) is 47.4 Å². The Morgan fingerprint density at radius 1 is 1.11 bits per heavy atom. The number of rotatable bonds is 6. The molecule has 140 valence electrons. The molecule has 2 bridgehead atoms. The third-order valence-electron chi connectivity index (χ3n) is 6.23. The number of aryl methyl sites for hydroxylation is 1. The zero-order valence-electron chi connectivity index (χ0n) is 15.4. The SMILES string of the molecule is NC(=O)[C@]1(Cc2ccccc2)C[C@@H]2CC[C@H]1N2C(=O)CCc1cccnc1. The summed E-state index contributed by atoms with van der Waals surface area (Å²) in [6, 6.07) is 13.9. The lowest BCUT2D eigenvalue weighted by atomic mass is 9.69. The molecule has 2 fully saturated rings. The molecule has 3 atom stereocenters. The van der Waals surface area contributed by atoms with Crippen molar-refractivity contribution < 1.29 is 9.59 Å². The van der Waals surface area contributed by atoms with Gasteiger partial charge in [-0.2, -0.15) is 0 Å². The molecule has 5 nitrogen and oxygen atoms in total. The van der Waals surface area contributed by atoms with Crippen LogP contribution < -0.4 is 5.73 Å². The second-order valence-electron chi connectivity index (χ2n) is 7.80. The lowest BCUT2D eigenvalue weighted by Gasteiger charge is -2.34. The first-order valence-corrected chi connectivity index (χ1v) is 9.64. The lowest BCUT2D eigenvalue weighted by molar-refractivity contribution is -0.135. The van der Waals surface area contributed by atoms with Gasteiger partial charge in [-0.05, 0) is 49.3 Å². The summed E-state index contributed by atoms with van der Waals surface area (Å²) < 4.78 is 0. The molecule has 1 aromatic carbocycles. The zero-order chi connectivity index (χ0) is 18.9. The summed E-state index contributed by atoms with van der Waals surface area (Å²) >= 11 is 0. The van der Waals surface area contributed by atoms with Gasteiger partial charge in [0.2, 0.25) is 11.8 Å². The fourth-order valence-corrected chi connectivity index (χ4v) is 4.99. The van der Waals surface area contributed by atoms with Gasteiger partial charge in [0, 0.05) is 30.9 Å². The average molecular weight is 363 g/mol. The Balaban J connectivity index is 1.52. The number of benzene rings is 1. The maximum absolute atomic E-state index is 13.0. The minimum Gasteiger partial charge on any atom is -0.369 e. The third-order valence-corrected chi connectivity index (χ3v) is 6.23. The minimum absolute atomic E-state index is 0.0818. The second-order valence-corrected chi connectivity index (χ2v) is 7.80. The Bertz CT molecular complexity index is 824. The van der Waals surface area contributed by atoms with Crippen LogP contribution in [0.15, 0.2) is 54.9 Å². The number of hydrogen-bond acceptors (Lipinski definition) is 3. The minimum atomic E-state index is -0.645. The molecular formula is C22H25N3O2. The van der Waals surface area contributed by atoms with E-state index in [0.29, 0.717) is 25.7 Å². The van der Waals surface area contributed by atoms with E-state index in [2.05, 4.69) is 4.98 Å². The van der Waals surface area contributed by atoms with Gasteiger partial charge < -0.3 is 10.6 Å². The Hall–Kier alpha value is -2.69. The van der Waals surface area contributed by atoms with Crippen LogP contribution in [-0.4, -0.2) is 33.8 Å². The van der Waals surface area contributed by atoms with Crippen LogP contribution in [0.1, 0.15) is 36.8 Å². The molecule has 2 aromatic rings. The monoisotopic (exact) mass is 363 g/mol. The van der Waals surface area contributed by atoms with E-state index in [1.54, 1.807) is 12.4 Å². The van der Waals surface area contributed by atoms with Crippen LogP contribution in [0.5, 0.6) is 0 Å². The molecule has 5 heteroatoms. The highest BCUT2D eigenvalue weighted by Gasteiger charge is 2.60. The highest BCUT2D eigenvalue weighted by atomic mass is 16.2. The van der Waals surface area contributed by atoms with Crippen LogP contribution in [0.4, 0.5) is 0 Å². The van der Waals surface area contributed by atoms with E-state index >= 15 is 0 Å². The van der Waals surface area contributed by atoms with Gasteiger partial charge in [0.1, 0.15) is 0 Å². The number of carbonyl (C=O) groups excluding carboxylic acids is 2. The van der Waals surface area contributed by atoms with Gasteiger partial charge in [0.15, 0.2) is 0 Å². The smallest absolute Gasteiger partial charge is 0.226 e. The maximum Gasteiger partial charge on any atom is 0.226 e. The van der Waals surface area contributed by atoms with E-state index in [4.69, 9.17) is 5.73 Å². The molecule has 2 aliphatic rings. The van der Waals surface area contributed by atoms with Crippen LogP contribution in [0.25, 0.3) is 0 Å². The van der Waals surface area contributed by atoms with Gasteiger partial charge in [-0.25, -0.2) is 0 Å². The molecule has 1 aromatic heterocycles. The number of nitrogens with zero attached hydrogens (tertiary/aromatic N) is 2. The summed E-state index contributed by atoms with van der Waals surface area (Å²) in [5.74, 6) is -0.147. The summed E-state index contributed by atoms with van der Waals surface area (Å²) in [6.07, 6.45) is 7.76. The highest BCUT2D eigenvalue weighted by Crippen LogP contribution is 2.51. The maximum atomic E-state index is 13.0. The van der Waals surface area contributed by atoms with E-state index in [0.717, 1.165) is 24.0 Å². The molecule has 0 unspecified atom stereocenters. The fraction of sp³-hybridized carbons (Fsp3) is 0.409. The van der Waals surface area contributed by atoms with Crippen molar-refractivity contribution in [2.45, 2.75) is 50.6 Å². The summed E-state index contributed by atoms with van der Waals surface area (Å²) in [5.41, 5.74) is 7.43. The average Bonchev–Trinajstić information content (AvgIpc) is 3.24. The van der Waals surface area contributed by atoms with Crippen molar-refractivity contribution in [3.63, 3.8) is 0 Å². The van der Waals surface area contributed by atoms with Crippen molar-refractivity contribution in [2.24, 2.45) is 11.1 Å². The van der Waals surface area contributed by atoms with Crippen molar-refractivity contribution >= 4 is 11.8 Å². The molecule has 0 aliphatic carbocycles. The highest BCUT2D eigenvalue weighted by molar-refractivity contribution is 5.86. The van der Waals surface area contributed by atoms with E-state index in [9.17, 15) is 9.59 Å². The predicted molar refractivity (Wildman–Crippen MR) is 103 cm³/mol. The molecule has 0 radical (unpaired) electrons. The van der Waals surface area contributed by atoms with E-state index in [1.165, 1.54) is 0 Å². The van der Waals surface area contributed by atoms with Crippen LogP contribution in [0.2, 0.25) is 0 Å². The number of nitrogens with two attached hydrogens (primary N) is 1. The van der Waals surface area contributed by atoms with Gasteiger partial charge in [0.05, 0.1) is 5.41 Å². The Morgan fingerprint density at radius 2 is 1.89 bits per heavy atom. The number of pyridine rings is 1.